The minimum Gasteiger partial charge on any atom is -0.463 e. The number of nitrogens with zero attached hydrogens (tertiary/aromatic N) is 6. The van der Waals surface area contributed by atoms with Crippen LogP contribution in [0.3, 0.4) is 0 Å². The Morgan fingerprint density at radius 2 is 2.03 bits per heavy atom. The van der Waals surface area contributed by atoms with Crippen LogP contribution in [-0.4, -0.2) is 42.9 Å². The van der Waals surface area contributed by atoms with E-state index in [1.807, 2.05) is 6.92 Å². The van der Waals surface area contributed by atoms with Crippen molar-refractivity contribution >= 4 is 22.8 Å². The van der Waals surface area contributed by atoms with E-state index in [-0.39, 0.29) is 12.3 Å². The Hall–Kier alpha value is -3.56. The second kappa shape index (κ2) is 7.25. The summed E-state index contributed by atoms with van der Waals surface area (Å²) in [6.45, 7) is 5.32. The van der Waals surface area contributed by atoms with Crippen LogP contribution in [0.15, 0.2) is 34.9 Å². The van der Waals surface area contributed by atoms with Gasteiger partial charge in [-0.15, -0.1) is 0 Å². The number of halogens is 2. The summed E-state index contributed by atoms with van der Waals surface area (Å²) in [7, 11) is 1.76. The number of aromatic nitrogens is 5. The van der Waals surface area contributed by atoms with Gasteiger partial charge in [-0.05, 0) is 45.4 Å². The van der Waals surface area contributed by atoms with E-state index >= 15 is 0 Å². The predicted molar refractivity (Wildman–Crippen MR) is 114 cm³/mol. The molecule has 0 saturated carbocycles. The van der Waals surface area contributed by atoms with Gasteiger partial charge in [0.2, 0.25) is 0 Å². The first-order chi connectivity index (χ1) is 15.3. The van der Waals surface area contributed by atoms with Gasteiger partial charge in [0.25, 0.3) is 12.3 Å². The molecule has 0 spiro atoms. The Bertz CT molecular complexity index is 1320. The number of aryl methyl sites for hydroxylation is 3. The van der Waals surface area contributed by atoms with E-state index < -0.39 is 18.5 Å². The number of carbonyl (C=O) groups is 1. The first kappa shape index (κ1) is 20.3. The zero-order valence-corrected chi connectivity index (χ0v) is 18.1. The summed E-state index contributed by atoms with van der Waals surface area (Å²) in [6.07, 6.45) is -0.940. The molecule has 4 aromatic rings. The van der Waals surface area contributed by atoms with Crippen molar-refractivity contribution in [1.29, 1.82) is 0 Å². The Balaban J connectivity index is 1.70. The maximum Gasteiger partial charge on any atom is 0.260 e. The van der Waals surface area contributed by atoms with Crippen molar-refractivity contribution in [3.8, 4) is 11.5 Å². The number of fused-ring (bicyclic) bond motifs is 2. The number of pyridine rings is 1. The van der Waals surface area contributed by atoms with Crippen molar-refractivity contribution in [2.45, 2.75) is 45.7 Å². The maximum atomic E-state index is 14.0. The van der Waals surface area contributed by atoms with Crippen molar-refractivity contribution < 1.29 is 18.0 Å². The fourth-order valence-corrected chi connectivity index (χ4v) is 4.52. The maximum absolute atomic E-state index is 14.0. The molecule has 0 N–H and O–H groups in total. The lowest BCUT2D eigenvalue weighted by Crippen LogP contribution is -2.46. The Kier molecular flexibility index (Phi) is 4.61. The number of alkyl halides is 2. The first-order valence-electron chi connectivity index (χ1n) is 10.3. The SMILES string of the molecule is Cc1cc2n(n1)[C@@H](C(F)F)C[C@H](C)N2C(=O)c1cc(-c2ccco2)nc2c1c(C)nn2C. The molecule has 1 amide bonds. The van der Waals surface area contributed by atoms with Crippen LogP contribution in [0.2, 0.25) is 0 Å². The van der Waals surface area contributed by atoms with Crippen LogP contribution in [0, 0.1) is 13.8 Å². The van der Waals surface area contributed by atoms with E-state index in [0.717, 1.165) is 0 Å². The number of rotatable bonds is 3. The number of anilines is 1. The molecule has 10 heteroatoms. The van der Waals surface area contributed by atoms with Gasteiger partial charge in [0.1, 0.15) is 17.6 Å². The van der Waals surface area contributed by atoms with Gasteiger partial charge in [-0.3, -0.25) is 14.4 Å². The molecular formula is C22H22F2N6O2. The summed E-state index contributed by atoms with van der Waals surface area (Å²) in [5.41, 5.74) is 2.66. The summed E-state index contributed by atoms with van der Waals surface area (Å²) < 4.78 is 35.8. The smallest absolute Gasteiger partial charge is 0.260 e. The number of carbonyl (C=O) groups excluding carboxylic acids is 1. The lowest BCUT2D eigenvalue weighted by molar-refractivity contribution is 0.0609. The zero-order valence-electron chi connectivity index (χ0n) is 18.1. The number of amides is 1. The molecule has 0 bridgehead atoms. The van der Waals surface area contributed by atoms with Crippen LogP contribution in [0.5, 0.6) is 0 Å². The Morgan fingerprint density at radius 3 is 2.72 bits per heavy atom. The zero-order chi connectivity index (χ0) is 22.7. The number of hydrogen-bond acceptors (Lipinski definition) is 5. The molecule has 32 heavy (non-hydrogen) atoms. The quantitative estimate of drug-likeness (QED) is 0.475. The van der Waals surface area contributed by atoms with Gasteiger partial charge in [-0.25, -0.2) is 18.4 Å². The lowest BCUT2D eigenvalue weighted by atomic mass is 10.0. The van der Waals surface area contributed by atoms with Crippen LogP contribution < -0.4 is 4.90 Å². The molecule has 8 nitrogen and oxygen atoms in total. The predicted octanol–water partition coefficient (Wildman–Crippen LogP) is 4.29. The number of hydrogen-bond donors (Lipinski definition) is 0. The van der Waals surface area contributed by atoms with Gasteiger partial charge in [0, 0.05) is 19.2 Å². The summed E-state index contributed by atoms with van der Waals surface area (Å²) in [6, 6.07) is 5.34. The molecule has 5 heterocycles. The molecule has 0 fully saturated rings. The standard InChI is InChI=1S/C22H22F2N6O2/c1-11-8-18-29(12(2)9-16(20(23)24)30(18)26-11)22(31)14-10-15(17-6-5-7-32-17)25-21-19(14)13(3)27-28(21)4/h5-8,10,12,16,20H,9H2,1-4H3/t12-,16+/m0/s1. The van der Waals surface area contributed by atoms with E-state index in [0.29, 0.717) is 45.3 Å². The highest BCUT2D eigenvalue weighted by atomic mass is 19.3. The van der Waals surface area contributed by atoms with Crippen LogP contribution in [0.1, 0.15) is 41.1 Å². The van der Waals surface area contributed by atoms with Crippen molar-refractivity contribution in [2.75, 3.05) is 4.90 Å². The average Bonchev–Trinajstić information content (AvgIpc) is 3.46. The molecule has 0 radical (unpaired) electrons. The molecular weight excluding hydrogens is 418 g/mol. The molecule has 5 rings (SSSR count). The molecule has 1 aliphatic heterocycles. The van der Waals surface area contributed by atoms with Crippen molar-refractivity contribution in [3.05, 3.63) is 47.5 Å². The van der Waals surface area contributed by atoms with Crippen molar-refractivity contribution in [1.82, 2.24) is 24.5 Å². The third-order valence-electron chi connectivity index (χ3n) is 5.90. The lowest BCUT2D eigenvalue weighted by Gasteiger charge is -2.38. The summed E-state index contributed by atoms with van der Waals surface area (Å²) in [5.74, 6) is 0.565. The van der Waals surface area contributed by atoms with Gasteiger partial charge in [-0.2, -0.15) is 10.2 Å². The van der Waals surface area contributed by atoms with Crippen LogP contribution >= 0.6 is 0 Å². The van der Waals surface area contributed by atoms with Crippen molar-refractivity contribution in [3.63, 3.8) is 0 Å². The fourth-order valence-electron chi connectivity index (χ4n) is 4.52. The van der Waals surface area contributed by atoms with Gasteiger partial charge >= 0.3 is 0 Å². The second-order valence-corrected chi connectivity index (χ2v) is 8.19. The van der Waals surface area contributed by atoms with Gasteiger partial charge in [0.15, 0.2) is 11.4 Å². The van der Waals surface area contributed by atoms with Crippen molar-refractivity contribution in [2.24, 2.45) is 7.05 Å². The van der Waals surface area contributed by atoms with Crippen LogP contribution in [-0.2, 0) is 7.05 Å². The number of furan rings is 1. The highest BCUT2D eigenvalue weighted by molar-refractivity contribution is 6.14. The summed E-state index contributed by atoms with van der Waals surface area (Å²) in [5, 5.41) is 9.32. The molecule has 1 aliphatic rings. The molecule has 0 unspecified atom stereocenters. The minimum atomic E-state index is -2.58. The highest BCUT2D eigenvalue weighted by Crippen LogP contribution is 2.38. The Labute approximate surface area is 182 Å². The third kappa shape index (κ3) is 3.01. The second-order valence-electron chi connectivity index (χ2n) is 8.19. The summed E-state index contributed by atoms with van der Waals surface area (Å²) >= 11 is 0. The average molecular weight is 440 g/mol. The third-order valence-corrected chi connectivity index (χ3v) is 5.90. The molecule has 166 valence electrons. The van der Waals surface area contributed by atoms with Crippen LogP contribution in [0.25, 0.3) is 22.5 Å². The topological polar surface area (TPSA) is 82.0 Å². The minimum absolute atomic E-state index is 0.100. The fraction of sp³-hybridized carbons (Fsp3) is 0.364. The Morgan fingerprint density at radius 1 is 1.25 bits per heavy atom. The molecule has 0 aromatic carbocycles. The molecule has 4 aromatic heterocycles. The highest BCUT2D eigenvalue weighted by Gasteiger charge is 2.40. The van der Waals surface area contributed by atoms with E-state index in [1.165, 1.54) is 10.9 Å². The van der Waals surface area contributed by atoms with E-state index in [1.54, 1.807) is 54.7 Å². The van der Waals surface area contributed by atoms with Gasteiger partial charge in [-0.1, -0.05) is 0 Å². The van der Waals surface area contributed by atoms with E-state index in [9.17, 15) is 13.6 Å². The first-order valence-corrected chi connectivity index (χ1v) is 10.3. The molecule has 2 atom stereocenters. The molecule has 0 saturated heterocycles. The normalized spacial score (nSPS) is 18.5. The van der Waals surface area contributed by atoms with Gasteiger partial charge in [0.05, 0.1) is 28.6 Å². The van der Waals surface area contributed by atoms with E-state index in [4.69, 9.17) is 4.42 Å². The monoisotopic (exact) mass is 440 g/mol. The molecule has 0 aliphatic carbocycles. The van der Waals surface area contributed by atoms with Gasteiger partial charge < -0.3 is 4.42 Å². The largest absolute Gasteiger partial charge is 0.463 e. The summed E-state index contributed by atoms with van der Waals surface area (Å²) in [4.78, 5) is 20.2. The van der Waals surface area contributed by atoms with E-state index in [2.05, 4.69) is 15.2 Å². The van der Waals surface area contributed by atoms with Crippen LogP contribution in [0.4, 0.5) is 14.6 Å².